The molecule has 0 saturated carbocycles. The summed E-state index contributed by atoms with van der Waals surface area (Å²) in [5.74, 6) is -2.14. The van der Waals surface area contributed by atoms with Gasteiger partial charge in [0.25, 0.3) is 5.91 Å². The van der Waals surface area contributed by atoms with Gasteiger partial charge in [0.05, 0.1) is 10.5 Å². The molecule has 1 N–H and O–H groups in total. The molecule has 0 atom stereocenters. The number of carbonyl (C=O) groups is 2. The highest BCUT2D eigenvalue weighted by Gasteiger charge is 2.35. The molecule has 1 aromatic heterocycles. The van der Waals surface area contributed by atoms with Crippen molar-refractivity contribution in [2.24, 2.45) is 0 Å². The Kier molecular flexibility index (Phi) is 7.40. The molecule has 3 rings (SSSR count). The van der Waals surface area contributed by atoms with E-state index in [0.29, 0.717) is 36.2 Å². The SMILES string of the molecule is O=C(O)CCCCCN1C(=O)/C(=C\c2ccc(-c3cc(F)ccc3C(F)(F)F)o2)SC1=S. The fraction of sp³-hybridized carbons (Fsp3) is 0.286. The Balaban J connectivity index is 1.73. The molecule has 1 saturated heterocycles. The summed E-state index contributed by atoms with van der Waals surface area (Å²) in [5.41, 5.74) is -1.47. The third kappa shape index (κ3) is 5.77. The van der Waals surface area contributed by atoms with E-state index in [-0.39, 0.29) is 28.8 Å². The van der Waals surface area contributed by atoms with Crippen molar-refractivity contribution in [1.82, 2.24) is 4.90 Å². The summed E-state index contributed by atoms with van der Waals surface area (Å²) in [6.07, 6.45) is -1.56. The van der Waals surface area contributed by atoms with Gasteiger partial charge in [-0.05, 0) is 43.2 Å². The van der Waals surface area contributed by atoms with Crippen molar-refractivity contribution < 1.29 is 36.7 Å². The number of unbranched alkanes of at least 4 members (excludes halogenated alkanes) is 2. The molecule has 1 aromatic carbocycles. The molecule has 2 heterocycles. The molecule has 11 heteroatoms. The minimum absolute atomic E-state index is 0.0560. The molecular formula is C21H17F4NO4S2. The van der Waals surface area contributed by atoms with Gasteiger partial charge >= 0.3 is 12.1 Å². The van der Waals surface area contributed by atoms with E-state index < -0.39 is 29.1 Å². The Labute approximate surface area is 190 Å². The van der Waals surface area contributed by atoms with E-state index in [0.717, 1.165) is 23.9 Å². The summed E-state index contributed by atoms with van der Waals surface area (Å²) < 4.78 is 59.1. The zero-order valence-corrected chi connectivity index (χ0v) is 18.1. The van der Waals surface area contributed by atoms with Crippen molar-refractivity contribution in [2.45, 2.75) is 31.9 Å². The number of rotatable bonds is 8. The van der Waals surface area contributed by atoms with Gasteiger partial charge in [-0.3, -0.25) is 14.5 Å². The first kappa shape index (κ1) is 24.0. The maximum atomic E-state index is 13.6. The summed E-state index contributed by atoms with van der Waals surface area (Å²) in [6, 6.07) is 4.78. The van der Waals surface area contributed by atoms with Crippen LogP contribution in [0, 0.1) is 5.82 Å². The lowest BCUT2D eigenvalue weighted by atomic mass is 10.0. The van der Waals surface area contributed by atoms with Crippen molar-refractivity contribution in [1.29, 1.82) is 0 Å². The number of hydrogen-bond donors (Lipinski definition) is 1. The largest absolute Gasteiger partial charge is 0.481 e. The molecule has 1 amide bonds. The van der Waals surface area contributed by atoms with Crippen LogP contribution in [0.1, 0.15) is 37.0 Å². The second-order valence-corrected chi connectivity index (χ2v) is 8.60. The first-order valence-electron chi connectivity index (χ1n) is 9.50. The topological polar surface area (TPSA) is 70.8 Å². The van der Waals surface area contributed by atoms with Crippen LogP contribution >= 0.6 is 24.0 Å². The van der Waals surface area contributed by atoms with Crippen molar-refractivity contribution in [3.8, 4) is 11.3 Å². The van der Waals surface area contributed by atoms with Gasteiger partial charge in [-0.2, -0.15) is 13.2 Å². The molecular weight excluding hydrogens is 470 g/mol. The van der Waals surface area contributed by atoms with Gasteiger partial charge in [0, 0.05) is 24.6 Å². The Hall–Kier alpha value is -2.66. The highest BCUT2D eigenvalue weighted by Crippen LogP contribution is 2.39. The highest BCUT2D eigenvalue weighted by molar-refractivity contribution is 8.26. The number of aliphatic carboxylic acids is 1. The van der Waals surface area contributed by atoms with Gasteiger partial charge in [0.1, 0.15) is 21.7 Å². The van der Waals surface area contributed by atoms with Crippen LogP contribution in [0.15, 0.2) is 39.7 Å². The summed E-state index contributed by atoms with van der Waals surface area (Å²) in [5, 5.41) is 8.65. The van der Waals surface area contributed by atoms with E-state index in [2.05, 4.69) is 0 Å². The number of hydrogen-bond acceptors (Lipinski definition) is 5. The minimum Gasteiger partial charge on any atom is -0.481 e. The third-order valence-corrected chi connectivity index (χ3v) is 5.98. The number of furan rings is 1. The average Bonchev–Trinajstić information content (AvgIpc) is 3.26. The van der Waals surface area contributed by atoms with Gasteiger partial charge in [-0.25, -0.2) is 4.39 Å². The van der Waals surface area contributed by atoms with E-state index >= 15 is 0 Å². The van der Waals surface area contributed by atoms with Gasteiger partial charge < -0.3 is 9.52 Å². The van der Waals surface area contributed by atoms with Gasteiger partial charge in [0.15, 0.2) is 0 Å². The lowest BCUT2D eigenvalue weighted by molar-refractivity contribution is -0.138. The van der Waals surface area contributed by atoms with Crippen molar-refractivity contribution in [3.63, 3.8) is 0 Å². The Morgan fingerprint density at radius 3 is 2.62 bits per heavy atom. The number of carbonyl (C=O) groups excluding carboxylic acids is 1. The standard InChI is InChI=1S/C21H17F4NO4S2/c22-12-5-7-15(21(23,24)25)14(10-12)16-8-6-13(30-16)11-17-19(29)26(20(31)32-17)9-3-1-2-4-18(27)28/h5-8,10-11H,1-4,9H2,(H,27,28)/b17-11+. The number of amides is 1. The van der Waals surface area contributed by atoms with Crippen LogP contribution in [0.4, 0.5) is 17.6 Å². The fourth-order valence-corrected chi connectivity index (χ4v) is 4.38. The lowest BCUT2D eigenvalue weighted by Gasteiger charge is -2.13. The predicted molar refractivity (Wildman–Crippen MR) is 115 cm³/mol. The smallest absolute Gasteiger partial charge is 0.417 e. The molecule has 32 heavy (non-hydrogen) atoms. The normalized spacial score (nSPS) is 15.8. The first-order valence-corrected chi connectivity index (χ1v) is 10.7. The van der Waals surface area contributed by atoms with Crippen LogP contribution in [-0.2, 0) is 15.8 Å². The number of thiocarbonyl (C=S) groups is 1. The van der Waals surface area contributed by atoms with Crippen LogP contribution in [-0.4, -0.2) is 32.7 Å². The van der Waals surface area contributed by atoms with Crippen LogP contribution in [0.5, 0.6) is 0 Å². The van der Waals surface area contributed by atoms with Crippen LogP contribution < -0.4 is 0 Å². The zero-order chi connectivity index (χ0) is 23.5. The second-order valence-electron chi connectivity index (χ2n) is 6.93. The van der Waals surface area contributed by atoms with Crippen molar-refractivity contribution in [3.05, 3.63) is 52.4 Å². The van der Waals surface area contributed by atoms with Crippen LogP contribution in [0.25, 0.3) is 17.4 Å². The maximum absolute atomic E-state index is 13.6. The van der Waals surface area contributed by atoms with E-state index in [1.54, 1.807) is 0 Å². The van der Waals surface area contributed by atoms with Gasteiger partial charge in [-0.15, -0.1) is 0 Å². The molecule has 2 aromatic rings. The summed E-state index contributed by atoms with van der Waals surface area (Å²) in [6.45, 7) is 0.337. The molecule has 1 aliphatic heterocycles. The van der Waals surface area contributed by atoms with Crippen molar-refractivity contribution >= 4 is 46.3 Å². The second kappa shape index (κ2) is 9.86. The Bertz CT molecular complexity index is 1080. The molecule has 5 nitrogen and oxygen atoms in total. The number of nitrogens with zero attached hydrogens (tertiary/aromatic N) is 1. The predicted octanol–water partition coefficient (Wildman–Crippen LogP) is 5.95. The van der Waals surface area contributed by atoms with Crippen LogP contribution in [0.3, 0.4) is 0 Å². The number of benzene rings is 1. The Morgan fingerprint density at radius 2 is 1.94 bits per heavy atom. The molecule has 0 radical (unpaired) electrons. The number of halogens is 4. The highest BCUT2D eigenvalue weighted by atomic mass is 32.2. The molecule has 170 valence electrons. The monoisotopic (exact) mass is 487 g/mol. The van der Waals surface area contributed by atoms with E-state index in [1.807, 2.05) is 0 Å². The van der Waals surface area contributed by atoms with Gasteiger partial charge in [0.2, 0.25) is 0 Å². The fourth-order valence-electron chi connectivity index (χ4n) is 3.09. The number of alkyl halides is 3. The summed E-state index contributed by atoms with van der Waals surface area (Å²) >= 11 is 6.26. The zero-order valence-electron chi connectivity index (χ0n) is 16.4. The molecule has 1 fully saturated rings. The molecule has 0 bridgehead atoms. The third-order valence-electron chi connectivity index (χ3n) is 4.60. The van der Waals surface area contributed by atoms with Crippen molar-refractivity contribution in [2.75, 3.05) is 6.54 Å². The molecule has 0 aliphatic carbocycles. The molecule has 0 unspecified atom stereocenters. The average molecular weight is 487 g/mol. The first-order chi connectivity index (χ1) is 15.1. The molecule has 0 spiro atoms. The lowest BCUT2D eigenvalue weighted by Crippen LogP contribution is -2.29. The van der Waals surface area contributed by atoms with E-state index in [9.17, 15) is 27.2 Å². The minimum atomic E-state index is -4.69. The van der Waals surface area contributed by atoms with Gasteiger partial charge in [-0.1, -0.05) is 30.4 Å². The number of carboxylic acid groups (broad SMARTS) is 1. The Morgan fingerprint density at radius 1 is 1.19 bits per heavy atom. The van der Waals surface area contributed by atoms with E-state index in [1.165, 1.54) is 23.1 Å². The number of thioether (sulfide) groups is 1. The number of carboxylic acids is 1. The maximum Gasteiger partial charge on any atom is 0.417 e. The van der Waals surface area contributed by atoms with Crippen LogP contribution in [0.2, 0.25) is 0 Å². The summed E-state index contributed by atoms with van der Waals surface area (Å²) in [7, 11) is 0. The van der Waals surface area contributed by atoms with E-state index in [4.69, 9.17) is 21.7 Å². The summed E-state index contributed by atoms with van der Waals surface area (Å²) in [4.78, 5) is 24.8. The molecule has 1 aliphatic rings. The quantitative estimate of drug-likeness (QED) is 0.215.